The summed E-state index contributed by atoms with van der Waals surface area (Å²) in [6, 6.07) is 6.64. The van der Waals surface area contributed by atoms with Gasteiger partial charge < -0.3 is 20.8 Å². The number of anilines is 2. The van der Waals surface area contributed by atoms with E-state index in [1.54, 1.807) is 24.3 Å². The summed E-state index contributed by atoms with van der Waals surface area (Å²) in [7, 11) is 0. The summed E-state index contributed by atoms with van der Waals surface area (Å²) in [5, 5.41) is 22.4. The molecule has 0 aliphatic rings. The number of aliphatic hydroxyl groups is 2. The van der Waals surface area contributed by atoms with E-state index in [2.05, 4.69) is 10.6 Å². The van der Waals surface area contributed by atoms with Gasteiger partial charge in [0, 0.05) is 11.4 Å². The highest BCUT2D eigenvalue weighted by atomic mass is 16.3. The van der Waals surface area contributed by atoms with E-state index in [0.717, 1.165) is 0 Å². The van der Waals surface area contributed by atoms with Crippen molar-refractivity contribution in [2.75, 3.05) is 23.8 Å². The van der Waals surface area contributed by atoms with Gasteiger partial charge in [-0.2, -0.15) is 0 Å². The van der Waals surface area contributed by atoms with E-state index in [4.69, 9.17) is 10.2 Å². The fraction of sp³-hybridized carbons (Fsp3) is 0.333. The Morgan fingerprint density at radius 3 is 1.78 bits per heavy atom. The van der Waals surface area contributed by atoms with Crippen LogP contribution in [0, 0.1) is 0 Å². The largest absolute Gasteiger partial charge is 0.396 e. The highest BCUT2D eigenvalue weighted by molar-refractivity contribution is 5.94. The van der Waals surface area contributed by atoms with Crippen molar-refractivity contribution < 1.29 is 19.8 Å². The molecule has 0 aromatic heterocycles. The zero-order valence-corrected chi connectivity index (χ0v) is 9.85. The number of hydrogen-bond donors (Lipinski definition) is 4. The summed E-state index contributed by atoms with van der Waals surface area (Å²) >= 11 is 0. The number of carbonyl (C=O) groups excluding carboxylic acids is 2. The highest BCUT2D eigenvalue weighted by Crippen LogP contribution is 2.15. The Morgan fingerprint density at radius 1 is 0.944 bits per heavy atom. The summed E-state index contributed by atoms with van der Waals surface area (Å²) < 4.78 is 0. The van der Waals surface area contributed by atoms with Crippen LogP contribution < -0.4 is 10.6 Å². The molecule has 1 aromatic rings. The molecule has 0 saturated heterocycles. The lowest BCUT2D eigenvalue weighted by Crippen LogP contribution is -2.14. The molecule has 0 fully saturated rings. The fourth-order valence-corrected chi connectivity index (χ4v) is 1.32. The van der Waals surface area contributed by atoms with Gasteiger partial charge in [-0.25, -0.2) is 0 Å². The average Bonchev–Trinajstić information content (AvgIpc) is 2.29. The van der Waals surface area contributed by atoms with E-state index in [9.17, 15) is 9.59 Å². The molecular formula is C12H16N2O4. The molecule has 1 rings (SSSR count). The molecule has 0 aliphatic heterocycles. The molecule has 1 aromatic carbocycles. The minimum absolute atomic E-state index is 0.0289. The van der Waals surface area contributed by atoms with E-state index in [1.165, 1.54) is 0 Å². The van der Waals surface area contributed by atoms with Crippen LogP contribution in [0.3, 0.4) is 0 Å². The Labute approximate surface area is 105 Å². The second kappa shape index (κ2) is 7.41. The normalized spacial score (nSPS) is 9.89. The lowest BCUT2D eigenvalue weighted by atomic mass is 10.2. The number of hydrogen-bond acceptors (Lipinski definition) is 4. The summed E-state index contributed by atoms with van der Waals surface area (Å²) in [6.07, 6.45) is 0.0577. The predicted molar refractivity (Wildman–Crippen MR) is 67.1 cm³/mol. The zero-order chi connectivity index (χ0) is 13.4. The molecule has 18 heavy (non-hydrogen) atoms. The van der Waals surface area contributed by atoms with E-state index < -0.39 is 0 Å². The molecule has 0 saturated carbocycles. The minimum atomic E-state index is -0.295. The first-order valence-electron chi connectivity index (χ1n) is 5.57. The van der Waals surface area contributed by atoms with Crippen LogP contribution in [0.1, 0.15) is 12.8 Å². The van der Waals surface area contributed by atoms with Gasteiger partial charge in [0.1, 0.15) is 0 Å². The van der Waals surface area contributed by atoms with Gasteiger partial charge in [-0.15, -0.1) is 0 Å². The van der Waals surface area contributed by atoms with Gasteiger partial charge in [0.2, 0.25) is 11.8 Å². The third-order valence-corrected chi connectivity index (χ3v) is 2.11. The highest BCUT2D eigenvalue weighted by Gasteiger charge is 2.04. The molecule has 0 atom stereocenters. The van der Waals surface area contributed by atoms with Crippen molar-refractivity contribution >= 4 is 23.2 Å². The number of aliphatic hydroxyl groups excluding tert-OH is 2. The third-order valence-electron chi connectivity index (χ3n) is 2.11. The van der Waals surface area contributed by atoms with Gasteiger partial charge >= 0.3 is 0 Å². The Morgan fingerprint density at radius 2 is 1.39 bits per heavy atom. The summed E-state index contributed by atoms with van der Waals surface area (Å²) in [4.78, 5) is 22.5. The van der Waals surface area contributed by atoms with Gasteiger partial charge in [-0.05, 0) is 18.2 Å². The number of amides is 2. The van der Waals surface area contributed by atoms with Gasteiger partial charge in [0.25, 0.3) is 0 Å². The molecular weight excluding hydrogens is 236 g/mol. The van der Waals surface area contributed by atoms with Crippen molar-refractivity contribution in [3.8, 4) is 0 Å². The van der Waals surface area contributed by atoms with Crippen LogP contribution in [0.25, 0.3) is 0 Å². The van der Waals surface area contributed by atoms with Crippen molar-refractivity contribution in [3.63, 3.8) is 0 Å². The Kier molecular flexibility index (Phi) is 5.83. The van der Waals surface area contributed by atoms with Gasteiger partial charge in [-0.3, -0.25) is 9.59 Å². The molecule has 0 unspecified atom stereocenters. The van der Waals surface area contributed by atoms with Gasteiger partial charge in [-0.1, -0.05) is 6.07 Å². The van der Waals surface area contributed by atoms with Crippen LogP contribution in [-0.4, -0.2) is 35.2 Å². The number of benzene rings is 1. The molecule has 6 nitrogen and oxygen atoms in total. The lowest BCUT2D eigenvalue weighted by Gasteiger charge is -2.08. The maximum atomic E-state index is 11.3. The van der Waals surface area contributed by atoms with Crippen molar-refractivity contribution in [2.24, 2.45) is 0 Å². The molecule has 98 valence electrons. The third kappa shape index (κ3) is 4.94. The SMILES string of the molecule is O=C(CCO)Nc1cccc(NC(=O)CCO)c1. The summed E-state index contributed by atoms with van der Waals surface area (Å²) in [5.41, 5.74) is 1.07. The number of nitrogens with one attached hydrogen (secondary N) is 2. The van der Waals surface area contributed by atoms with E-state index in [0.29, 0.717) is 11.4 Å². The molecule has 4 N–H and O–H groups in total. The van der Waals surface area contributed by atoms with Crippen molar-refractivity contribution in [2.45, 2.75) is 12.8 Å². The smallest absolute Gasteiger partial charge is 0.226 e. The van der Waals surface area contributed by atoms with E-state index in [1.807, 2.05) is 0 Å². The minimum Gasteiger partial charge on any atom is -0.396 e. The summed E-state index contributed by atoms with van der Waals surface area (Å²) in [6.45, 7) is -0.419. The first-order chi connectivity index (χ1) is 8.65. The topological polar surface area (TPSA) is 98.7 Å². The first kappa shape index (κ1) is 14.1. The van der Waals surface area contributed by atoms with E-state index >= 15 is 0 Å². The van der Waals surface area contributed by atoms with Crippen LogP contribution in [-0.2, 0) is 9.59 Å². The lowest BCUT2D eigenvalue weighted by molar-refractivity contribution is -0.117. The average molecular weight is 252 g/mol. The van der Waals surface area contributed by atoms with Gasteiger partial charge in [0.15, 0.2) is 0 Å². The first-order valence-corrected chi connectivity index (χ1v) is 5.57. The maximum Gasteiger partial charge on any atom is 0.226 e. The second-order valence-corrected chi connectivity index (χ2v) is 3.62. The molecule has 0 radical (unpaired) electrons. The Bertz CT molecular complexity index is 385. The van der Waals surface area contributed by atoms with Crippen LogP contribution in [0.15, 0.2) is 24.3 Å². The number of carbonyl (C=O) groups is 2. The predicted octanol–water partition coefficient (Wildman–Crippen LogP) is 0.328. The second-order valence-electron chi connectivity index (χ2n) is 3.62. The quantitative estimate of drug-likeness (QED) is 0.586. The van der Waals surface area contributed by atoms with Crippen molar-refractivity contribution in [1.29, 1.82) is 0 Å². The molecule has 0 heterocycles. The Balaban J connectivity index is 2.61. The standard InChI is InChI=1S/C12H16N2O4/c15-6-4-11(17)13-9-2-1-3-10(8-9)14-12(18)5-7-16/h1-3,8,15-16H,4-7H2,(H,13,17)(H,14,18). The van der Waals surface area contributed by atoms with Crippen molar-refractivity contribution in [1.82, 2.24) is 0 Å². The van der Waals surface area contributed by atoms with Crippen LogP contribution in [0.5, 0.6) is 0 Å². The molecule has 0 aliphatic carbocycles. The van der Waals surface area contributed by atoms with Gasteiger partial charge in [0.05, 0.1) is 26.1 Å². The molecule has 0 spiro atoms. The molecule has 0 bridgehead atoms. The fourth-order valence-electron chi connectivity index (χ4n) is 1.32. The van der Waals surface area contributed by atoms with Crippen molar-refractivity contribution in [3.05, 3.63) is 24.3 Å². The zero-order valence-electron chi connectivity index (χ0n) is 9.85. The van der Waals surface area contributed by atoms with Crippen LogP contribution >= 0.6 is 0 Å². The van der Waals surface area contributed by atoms with Crippen LogP contribution in [0.4, 0.5) is 11.4 Å². The number of rotatable bonds is 6. The maximum absolute atomic E-state index is 11.3. The van der Waals surface area contributed by atoms with Crippen LogP contribution in [0.2, 0.25) is 0 Å². The summed E-state index contributed by atoms with van der Waals surface area (Å²) in [5.74, 6) is -0.590. The van der Waals surface area contributed by atoms with E-state index in [-0.39, 0.29) is 37.9 Å². The monoisotopic (exact) mass is 252 g/mol. The molecule has 2 amide bonds. The molecule has 6 heteroatoms. The Hall–Kier alpha value is -1.92.